The van der Waals surface area contributed by atoms with E-state index in [0.717, 1.165) is 0 Å². The molecule has 5 heteroatoms. The van der Waals surface area contributed by atoms with Crippen LogP contribution in [0.3, 0.4) is 0 Å². The molecule has 1 aromatic carbocycles. The van der Waals surface area contributed by atoms with Gasteiger partial charge in [0.05, 0.1) is 12.5 Å². The zero-order valence-electron chi connectivity index (χ0n) is 8.43. The van der Waals surface area contributed by atoms with Crippen molar-refractivity contribution in [1.82, 2.24) is 0 Å². The van der Waals surface area contributed by atoms with Gasteiger partial charge in [-0.2, -0.15) is 5.26 Å². The van der Waals surface area contributed by atoms with Gasteiger partial charge in [-0.1, -0.05) is 12.1 Å². The van der Waals surface area contributed by atoms with Crippen molar-refractivity contribution in [3.05, 3.63) is 29.8 Å². The van der Waals surface area contributed by atoms with Gasteiger partial charge in [-0.25, -0.2) is 0 Å². The van der Waals surface area contributed by atoms with Crippen molar-refractivity contribution in [2.45, 2.75) is 12.8 Å². The van der Waals surface area contributed by atoms with Crippen LogP contribution < -0.4 is 5.32 Å². The fourth-order valence-corrected chi connectivity index (χ4v) is 1.21. The van der Waals surface area contributed by atoms with Crippen LogP contribution in [0.1, 0.15) is 12.0 Å². The van der Waals surface area contributed by atoms with Gasteiger partial charge in [0.25, 0.3) is 0 Å². The minimum atomic E-state index is -0.930. The van der Waals surface area contributed by atoms with Crippen LogP contribution in [-0.2, 0) is 16.0 Å². The number of benzene rings is 1. The second kappa shape index (κ2) is 5.51. The van der Waals surface area contributed by atoms with E-state index in [-0.39, 0.29) is 12.8 Å². The smallest absolute Gasteiger partial charge is 0.307 e. The second-order valence-electron chi connectivity index (χ2n) is 3.15. The van der Waals surface area contributed by atoms with Gasteiger partial charge < -0.3 is 10.4 Å². The topological polar surface area (TPSA) is 90.2 Å². The van der Waals surface area contributed by atoms with Crippen molar-refractivity contribution < 1.29 is 14.7 Å². The van der Waals surface area contributed by atoms with E-state index in [4.69, 9.17) is 10.4 Å². The molecular formula is C11H10N2O3. The molecule has 0 spiro atoms. The van der Waals surface area contributed by atoms with Crippen LogP contribution in [0.5, 0.6) is 0 Å². The highest BCUT2D eigenvalue weighted by molar-refractivity contribution is 5.92. The van der Waals surface area contributed by atoms with Crippen molar-refractivity contribution in [2.75, 3.05) is 5.32 Å². The van der Waals surface area contributed by atoms with E-state index >= 15 is 0 Å². The van der Waals surface area contributed by atoms with Gasteiger partial charge in [0.1, 0.15) is 6.42 Å². The lowest BCUT2D eigenvalue weighted by Gasteiger charge is -2.04. The third-order valence-electron chi connectivity index (χ3n) is 1.81. The molecule has 0 aliphatic heterocycles. The number of hydrogen-bond acceptors (Lipinski definition) is 3. The third kappa shape index (κ3) is 3.80. The summed E-state index contributed by atoms with van der Waals surface area (Å²) in [6.07, 6.45) is -0.314. The molecule has 5 nitrogen and oxygen atoms in total. The molecule has 0 bridgehead atoms. The first-order valence-corrected chi connectivity index (χ1v) is 4.59. The Morgan fingerprint density at radius 1 is 1.44 bits per heavy atom. The summed E-state index contributed by atoms with van der Waals surface area (Å²) in [5.74, 6) is -1.34. The van der Waals surface area contributed by atoms with Gasteiger partial charge in [0.15, 0.2) is 0 Å². The fraction of sp³-hybridized carbons (Fsp3) is 0.182. The lowest BCUT2D eigenvalue weighted by molar-refractivity contribution is -0.136. The molecule has 1 rings (SSSR count). The van der Waals surface area contributed by atoms with E-state index in [1.807, 2.05) is 0 Å². The van der Waals surface area contributed by atoms with Crippen LogP contribution in [0.4, 0.5) is 5.69 Å². The molecule has 0 saturated heterocycles. The zero-order chi connectivity index (χ0) is 12.0. The molecule has 0 aliphatic carbocycles. The highest BCUT2D eigenvalue weighted by Crippen LogP contribution is 2.11. The molecule has 0 aliphatic rings. The van der Waals surface area contributed by atoms with Crippen molar-refractivity contribution in [3.63, 3.8) is 0 Å². The Labute approximate surface area is 92.3 Å². The first-order chi connectivity index (χ1) is 7.61. The Bertz CT molecular complexity index is 449. The minimum Gasteiger partial charge on any atom is -0.481 e. The van der Waals surface area contributed by atoms with Crippen LogP contribution in [-0.4, -0.2) is 17.0 Å². The van der Waals surface area contributed by atoms with E-state index in [1.165, 1.54) is 0 Å². The lowest BCUT2D eigenvalue weighted by atomic mass is 10.1. The largest absolute Gasteiger partial charge is 0.481 e. The minimum absolute atomic E-state index is 0.0953. The highest BCUT2D eigenvalue weighted by atomic mass is 16.4. The van der Waals surface area contributed by atoms with E-state index < -0.39 is 11.9 Å². The number of amides is 1. The number of carboxylic acids is 1. The molecular weight excluding hydrogens is 208 g/mol. The molecule has 0 atom stereocenters. The quantitative estimate of drug-likeness (QED) is 0.793. The Morgan fingerprint density at radius 3 is 2.81 bits per heavy atom. The van der Waals surface area contributed by atoms with Crippen molar-refractivity contribution in [2.24, 2.45) is 0 Å². The molecule has 0 heterocycles. The molecule has 82 valence electrons. The summed E-state index contributed by atoms with van der Waals surface area (Å²) in [7, 11) is 0. The first-order valence-electron chi connectivity index (χ1n) is 4.59. The summed E-state index contributed by atoms with van der Waals surface area (Å²) in [6, 6.07) is 8.25. The summed E-state index contributed by atoms with van der Waals surface area (Å²) in [5, 5.41) is 19.4. The number of nitriles is 1. The van der Waals surface area contributed by atoms with Gasteiger partial charge in [0, 0.05) is 5.69 Å². The monoisotopic (exact) mass is 218 g/mol. The van der Waals surface area contributed by atoms with Crippen molar-refractivity contribution in [3.8, 4) is 6.07 Å². The number of carbonyl (C=O) groups excluding carboxylic acids is 1. The predicted octanol–water partition coefficient (Wildman–Crippen LogP) is 1.17. The maximum Gasteiger partial charge on any atom is 0.307 e. The van der Waals surface area contributed by atoms with Crippen molar-refractivity contribution in [1.29, 1.82) is 5.26 Å². The summed E-state index contributed by atoms with van der Waals surface area (Å²) in [5.41, 5.74) is 1.10. The Balaban J connectivity index is 2.71. The number of carboxylic acid groups (broad SMARTS) is 1. The molecule has 1 amide bonds. The Morgan fingerprint density at radius 2 is 2.19 bits per heavy atom. The molecule has 0 saturated carbocycles. The molecule has 0 unspecified atom stereocenters. The molecule has 16 heavy (non-hydrogen) atoms. The number of anilines is 1. The fourth-order valence-electron chi connectivity index (χ4n) is 1.21. The summed E-state index contributed by atoms with van der Waals surface area (Å²) < 4.78 is 0. The number of nitrogens with zero attached hydrogens (tertiary/aromatic N) is 1. The van der Waals surface area contributed by atoms with E-state index in [0.29, 0.717) is 11.3 Å². The van der Waals surface area contributed by atoms with Crippen LogP contribution >= 0.6 is 0 Å². The van der Waals surface area contributed by atoms with Gasteiger partial charge >= 0.3 is 5.97 Å². The van der Waals surface area contributed by atoms with Crippen molar-refractivity contribution >= 4 is 17.6 Å². The van der Waals surface area contributed by atoms with Gasteiger partial charge in [-0.3, -0.25) is 9.59 Å². The average Bonchev–Trinajstić information content (AvgIpc) is 2.17. The van der Waals surface area contributed by atoms with Crippen LogP contribution in [0.15, 0.2) is 24.3 Å². The summed E-state index contributed by atoms with van der Waals surface area (Å²) in [6.45, 7) is 0. The predicted molar refractivity (Wildman–Crippen MR) is 56.6 cm³/mol. The van der Waals surface area contributed by atoms with E-state index in [1.54, 1.807) is 30.3 Å². The molecule has 0 radical (unpaired) electrons. The van der Waals surface area contributed by atoms with E-state index in [2.05, 4.69) is 5.32 Å². The lowest BCUT2D eigenvalue weighted by Crippen LogP contribution is -2.10. The molecule has 1 aromatic rings. The SMILES string of the molecule is N#CCC(=O)Nc1cccc(CC(=O)O)c1. The third-order valence-corrected chi connectivity index (χ3v) is 1.81. The Kier molecular flexibility index (Phi) is 4.04. The second-order valence-corrected chi connectivity index (χ2v) is 3.15. The maximum atomic E-state index is 11.1. The molecule has 2 N–H and O–H groups in total. The summed E-state index contributed by atoms with van der Waals surface area (Å²) in [4.78, 5) is 21.6. The van der Waals surface area contributed by atoms with Gasteiger partial charge in [0.2, 0.25) is 5.91 Å². The summed E-state index contributed by atoms with van der Waals surface area (Å²) >= 11 is 0. The van der Waals surface area contributed by atoms with Gasteiger partial charge in [-0.05, 0) is 17.7 Å². The average molecular weight is 218 g/mol. The zero-order valence-corrected chi connectivity index (χ0v) is 8.43. The van der Waals surface area contributed by atoms with Crippen LogP contribution in [0.2, 0.25) is 0 Å². The number of rotatable bonds is 4. The number of hydrogen-bond donors (Lipinski definition) is 2. The Hall–Kier alpha value is -2.35. The van der Waals surface area contributed by atoms with E-state index in [9.17, 15) is 9.59 Å². The molecule has 0 aromatic heterocycles. The highest BCUT2D eigenvalue weighted by Gasteiger charge is 2.04. The normalized spacial score (nSPS) is 9.19. The first kappa shape index (κ1) is 11.7. The number of carbonyl (C=O) groups is 2. The number of aliphatic carboxylic acids is 1. The van der Waals surface area contributed by atoms with Gasteiger partial charge in [-0.15, -0.1) is 0 Å². The number of nitrogens with one attached hydrogen (secondary N) is 1. The standard InChI is InChI=1S/C11H10N2O3/c12-5-4-10(14)13-9-3-1-2-8(6-9)7-11(15)16/h1-3,6H,4,7H2,(H,13,14)(H,15,16). The molecule has 0 fully saturated rings. The maximum absolute atomic E-state index is 11.1. The van der Waals surface area contributed by atoms with Crippen LogP contribution in [0.25, 0.3) is 0 Å². The van der Waals surface area contributed by atoms with Crippen LogP contribution in [0, 0.1) is 11.3 Å².